The lowest BCUT2D eigenvalue weighted by Crippen LogP contribution is -2.29. The fourth-order valence-corrected chi connectivity index (χ4v) is 3.16. The van der Waals surface area contributed by atoms with Crippen molar-refractivity contribution >= 4 is 5.69 Å². The first-order valence-corrected chi connectivity index (χ1v) is 7.42. The molecule has 19 heavy (non-hydrogen) atoms. The fourth-order valence-electron chi connectivity index (χ4n) is 3.16. The molecule has 3 rings (SSSR count). The van der Waals surface area contributed by atoms with Crippen LogP contribution in [0.4, 0.5) is 10.1 Å². The zero-order valence-electron chi connectivity index (χ0n) is 11.8. The van der Waals surface area contributed by atoms with Gasteiger partial charge in [-0.3, -0.25) is 0 Å². The van der Waals surface area contributed by atoms with Crippen LogP contribution in [0.3, 0.4) is 0 Å². The molecule has 0 bridgehead atoms. The number of nitrogens with zero attached hydrogens (tertiary/aromatic N) is 1. The summed E-state index contributed by atoms with van der Waals surface area (Å²) in [5.74, 6) is 0.625. The predicted octanol–water partition coefficient (Wildman–Crippen LogP) is 3.31. The van der Waals surface area contributed by atoms with Gasteiger partial charge in [0, 0.05) is 36.4 Å². The summed E-state index contributed by atoms with van der Waals surface area (Å²) in [6.45, 7) is 6.22. The maximum atomic E-state index is 14.1. The standard InChI is InChI=1S/C16H23FN2/c1-11-8-12(2)19(10-11)16-5-3-4-15(17)14(16)9-18-13-6-7-13/h3-5,11-13,18H,6-10H2,1-2H3. The normalized spacial score (nSPS) is 27.0. The highest BCUT2D eigenvalue weighted by molar-refractivity contribution is 5.56. The minimum Gasteiger partial charge on any atom is -0.368 e. The maximum Gasteiger partial charge on any atom is 0.129 e. The van der Waals surface area contributed by atoms with Crippen LogP contribution in [0.15, 0.2) is 18.2 Å². The van der Waals surface area contributed by atoms with Gasteiger partial charge in [0.15, 0.2) is 0 Å². The van der Waals surface area contributed by atoms with E-state index in [-0.39, 0.29) is 5.82 Å². The smallest absolute Gasteiger partial charge is 0.129 e. The molecule has 0 amide bonds. The van der Waals surface area contributed by atoms with Gasteiger partial charge in [0.2, 0.25) is 0 Å². The monoisotopic (exact) mass is 262 g/mol. The molecule has 3 heteroatoms. The molecule has 1 saturated heterocycles. The van der Waals surface area contributed by atoms with Crippen LogP contribution in [0.2, 0.25) is 0 Å². The van der Waals surface area contributed by atoms with Gasteiger partial charge in [0.05, 0.1) is 0 Å². The Labute approximate surface area is 115 Å². The average molecular weight is 262 g/mol. The number of halogens is 1. The summed E-state index contributed by atoms with van der Waals surface area (Å²) in [4.78, 5) is 2.37. The van der Waals surface area contributed by atoms with E-state index in [0.717, 1.165) is 17.8 Å². The summed E-state index contributed by atoms with van der Waals surface area (Å²) in [5.41, 5.74) is 1.93. The minimum absolute atomic E-state index is 0.0718. The van der Waals surface area contributed by atoms with E-state index >= 15 is 0 Å². The number of hydrogen-bond donors (Lipinski definition) is 1. The molecule has 1 N–H and O–H groups in total. The molecular formula is C16H23FN2. The van der Waals surface area contributed by atoms with Crippen molar-refractivity contribution in [3.8, 4) is 0 Å². The SMILES string of the molecule is CC1CC(C)N(c2cccc(F)c2CNC2CC2)C1. The Hall–Kier alpha value is -1.09. The zero-order valence-corrected chi connectivity index (χ0v) is 11.8. The number of nitrogens with one attached hydrogen (secondary N) is 1. The van der Waals surface area contributed by atoms with Crippen LogP contribution in [0.25, 0.3) is 0 Å². The molecule has 2 nitrogen and oxygen atoms in total. The van der Waals surface area contributed by atoms with Gasteiger partial charge in [-0.15, -0.1) is 0 Å². The summed E-state index contributed by atoms with van der Waals surface area (Å²) in [6, 6.07) is 6.61. The van der Waals surface area contributed by atoms with Crippen molar-refractivity contribution in [2.75, 3.05) is 11.4 Å². The lowest BCUT2D eigenvalue weighted by Gasteiger charge is -2.27. The Balaban J connectivity index is 1.84. The van der Waals surface area contributed by atoms with Gasteiger partial charge in [0.25, 0.3) is 0 Å². The molecule has 2 atom stereocenters. The van der Waals surface area contributed by atoms with Crippen LogP contribution < -0.4 is 10.2 Å². The highest BCUT2D eigenvalue weighted by atomic mass is 19.1. The van der Waals surface area contributed by atoms with Crippen molar-refractivity contribution < 1.29 is 4.39 Å². The van der Waals surface area contributed by atoms with E-state index in [9.17, 15) is 4.39 Å². The van der Waals surface area contributed by atoms with E-state index in [1.54, 1.807) is 6.07 Å². The van der Waals surface area contributed by atoms with Crippen molar-refractivity contribution in [1.29, 1.82) is 0 Å². The highest BCUT2D eigenvalue weighted by Crippen LogP contribution is 2.32. The van der Waals surface area contributed by atoms with Gasteiger partial charge >= 0.3 is 0 Å². The van der Waals surface area contributed by atoms with Crippen molar-refractivity contribution in [2.45, 2.75) is 51.7 Å². The van der Waals surface area contributed by atoms with Gasteiger partial charge in [-0.2, -0.15) is 0 Å². The highest BCUT2D eigenvalue weighted by Gasteiger charge is 2.29. The molecule has 0 spiro atoms. The zero-order chi connectivity index (χ0) is 13.4. The Morgan fingerprint density at radius 3 is 2.74 bits per heavy atom. The van der Waals surface area contributed by atoms with Crippen molar-refractivity contribution in [3.05, 3.63) is 29.6 Å². The van der Waals surface area contributed by atoms with E-state index < -0.39 is 0 Å². The molecule has 0 aromatic heterocycles. The van der Waals surface area contributed by atoms with Gasteiger partial charge < -0.3 is 10.2 Å². The topological polar surface area (TPSA) is 15.3 Å². The second kappa shape index (κ2) is 5.12. The third-order valence-electron chi connectivity index (χ3n) is 4.33. The van der Waals surface area contributed by atoms with Crippen molar-refractivity contribution in [1.82, 2.24) is 5.32 Å². The van der Waals surface area contributed by atoms with Crippen LogP contribution in [-0.2, 0) is 6.54 Å². The quantitative estimate of drug-likeness (QED) is 0.895. The average Bonchev–Trinajstić information content (AvgIpc) is 3.12. The molecule has 1 aromatic rings. The molecule has 1 aliphatic carbocycles. The lowest BCUT2D eigenvalue weighted by molar-refractivity contribution is 0.584. The van der Waals surface area contributed by atoms with E-state index in [4.69, 9.17) is 0 Å². The first-order valence-electron chi connectivity index (χ1n) is 7.42. The molecule has 104 valence electrons. The molecule has 2 aliphatic rings. The Morgan fingerprint density at radius 1 is 1.32 bits per heavy atom. The second-order valence-electron chi connectivity index (χ2n) is 6.23. The van der Waals surface area contributed by atoms with E-state index in [1.807, 2.05) is 6.07 Å². The third kappa shape index (κ3) is 2.76. The first-order chi connectivity index (χ1) is 9.15. The van der Waals surface area contributed by atoms with Crippen LogP contribution in [-0.4, -0.2) is 18.6 Å². The van der Waals surface area contributed by atoms with Crippen molar-refractivity contribution in [2.24, 2.45) is 5.92 Å². The minimum atomic E-state index is -0.0718. The Morgan fingerprint density at radius 2 is 2.11 bits per heavy atom. The summed E-state index contributed by atoms with van der Waals surface area (Å²) in [7, 11) is 0. The summed E-state index contributed by atoms with van der Waals surface area (Å²) in [5, 5.41) is 3.44. The number of benzene rings is 1. The van der Waals surface area contributed by atoms with E-state index in [1.165, 1.54) is 19.3 Å². The predicted molar refractivity (Wildman–Crippen MR) is 76.9 cm³/mol. The largest absolute Gasteiger partial charge is 0.368 e. The molecule has 1 aromatic carbocycles. The second-order valence-corrected chi connectivity index (χ2v) is 6.23. The van der Waals surface area contributed by atoms with E-state index in [0.29, 0.717) is 24.5 Å². The molecule has 1 saturated carbocycles. The summed E-state index contributed by atoms with van der Waals surface area (Å²) < 4.78 is 14.1. The number of hydrogen-bond acceptors (Lipinski definition) is 2. The van der Waals surface area contributed by atoms with Crippen molar-refractivity contribution in [3.63, 3.8) is 0 Å². The van der Waals surface area contributed by atoms with Gasteiger partial charge in [0.1, 0.15) is 5.82 Å². The van der Waals surface area contributed by atoms with Gasteiger partial charge in [-0.05, 0) is 44.2 Å². The molecular weight excluding hydrogens is 239 g/mol. The third-order valence-corrected chi connectivity index (χ3v) is 4.33. The molecule has 2 fully saturated rings. The molecule has 1 heterocycles. The maximum absolute atomic E-state index is 14.1. The lowest BCUT2D eigenvalue weighted by atomic mass is 10.1. The van der Waals surface area contributed by atoms with Crippen LogP contribution >= 0.6 is 0 Å². The van der Waals surface area contributed by atoms with E-state index in [2.05, 4.69) is 30.1 Å². The summed E-state index contributed by atoms with van der Waals surface area (Å²) in [6.07, 6.45) is 3.67. The van der Waals surface area contributed by atoms with Gasteiger partial charge in [-0.25, -0.2) is 4.39 Å². The van der Waals surface area contributed by atoms with Crippen LogP contribution in [0.5, 0.6) is 0 Å². The number of anilines is 1. The molecule has 0 radical (unpaired) electrons. The molecule has 2 unspecified atom stereocenters. The molecule has 1 aliphatic heterocycles. The fraction of sp³-hybridized carbons (Fsp3) is 0.625. The first kappa shape index (κ1) is 12.9. The number of rotatable bonds is 4. The Bertz CT molecular complexity index is 456. The Kier molecular flexibility index (Phi) is 3.48. The summed E-state index contributed by atoms with van der Waals surface area (Å²) >= 11 is 0. The van der Waals surface area contributed by atoms with Crippen LogP contribution in [0.1, 0.15) is 38.7 Å². The van der Waals surface area contributed by atoms with Gasteiger partial charge in [-0.1, -0.05) is 13.0 Å². The van der Waals surface area contributed by atoms with Crippen LogP contribution in [0, 0.1) is 11.7 Å².